The molecule has 0 rings (SSSR count). The third-order valence-corrected chi connectivity index (χ3v) is 2.46. The van der Waals surface area contributed by atoms with Gasteiger partial charge in [0, 0.05) is 23.1 Å². The van der Waals surface area contributed by atoms with Gasteiger partial charge in [0.15, 0.2) is 0 Å². The lowest BCUT2D eigenvalue weighted by atomic mass is 10.1. The van der Waals surface area contributed by atoms with Gasteiger partial charge in [-0.1, -0.05) is 78.1 Å². The summed E-state index contributed by atoms with van der Waals surface area (Å²) in [6.07, 6.45) is 14.4. The highest BCUT2D eigenvalue weighted by atomic mass is 24.3. The molecule has 1 heteroatoms. The Morgan fingerprint density at radius 3 is 0.923 bits per heavy atom. The molecule has 0 aromatic heterocycles. The normalized spacial score (nSPS) is 9.69. The van der Waals surface area contributed by atoms with Crippen LogP contribution in [0.25, 0.3) is 0 Å². The van der Waals surface area contributed by atoms with E-state index in [0.29, 0.717) is 0 Å². The Morgan fingerprint density at radius 1 is 0.462 bits per heavy atom. The van der Waals surface area contributed by atoms with E-state index in [9.17, 15) is 0 Å². The highest BCUT2D eigenvalue weighted by Gasteiger charge is 1.90. The number of rotatable bonds is 9. The molecule has 0 fully saturated rings. The maximum Gasteiger partial charge on any atom is 0 e. The molecular weight excluding hydrogens is 168 g/mol. The van der Waals surface area contributed by atoms with Crippen molar-refractivity contribution in [2.45, 2.75) is 78.1 Å². The van der Waals surface area contributed by atoms with Crippen molar-refractivity contribution in [3.05, 3.63) is 0 Å². The zero-order valence-electron chi connectivity index (χ0n) is 9.78. The van der Waals surface area contributed by atoms with Crippen LogP contribution in [0.4, 0.5) is 0 Å². The van der Waals surface area contributed by atoms with Crippen molar-refractivity contribution in [1.82, 2.24) is 0 Å². The van der Waals surface area contributed by atoms with Crippen LogP contribution in [0.5, 0.6) is 0 Å². The average molecular weight is 195 g/mol. The predicted molar refractivity (Wildman–Crippen MR) is 63.3 cm³/mol. The molecule has 0 heterocycles. The van der Waals surface area contributed by atoms with E-state index >= 15 is 0 Å². The van der Waals surface area contributed by atoms with E-state index in [0.717, 1.165) is 0 Å². The molecule has 76 valence electrons. The molecule has 0 amide bonds. The molecule has 0 spiro atoms. The molecule has 0 aliphatic heterocycles. The lowest BCUT2D eigenvalue weighted by molar-refractivity contribution is 0.562. The van der Waals surface area contributed by atoms with Gasteiger partial charge in [0.2, 0.25) is 0 Å². The first-order chi connectivity index (χ1) is 5.91. The van der Waals surface area contributed by atoms with Crippen LogP contribution in [0.15, 0.2) is 0 Å². The van der Waals surface area contributed by atoms with Crippen LogP contribution in [-0.4, -0.2) is 23.1 Å². The Balaban J connectivity index is 0. The van der Waals surface area contributed by atoms with Gasteiger partial charge < -0.3 is 0 Å². The predicted octanol–water partition coefficient (Wildman–Crippen LogP) is 4.55. The van der Waals surface area contributed by atoms with Crippen LogP contribution in [0, 0.1) is 0 Å². The molecule has 0 nitrogen and oxygen atoms in total. The Bertz CT molecular complexity index is 61.5. The van der Waals surface area contributed by atoms with Gasteiger partial charge in [-0.2, -0.15) is 0 Å². The summed E-state index contributed by atoms with van der Waals surface area (Å²) in [5.74, 6) is 0. The fraction of sp³-hybridized carbons (Fsp3) is 1.00. The van der Waals surface area contributed by atoms with Gasteiger partial charge in [-0.15, -0.1) is 0 Å². The Kier molecular flexibility index (Phi) is 19.0. The minimum absolute atomic E-state index is 0. The van der Waals surface area contributed by atoms with E-state index in [1.807, 2.05) is 0 Å². The summed E-state index contributed by atoms with van der Waals surface area (Å²) in [5, 5.41) is 0. The average Bonchev–Trinajstić information content (AvgIpc) is 2.10. The van der Waals surface area contributed by atoms with Crippen molar-refractivity contribution in [3.63, 3.8) is 0 Å². The molecule has 2 radical (unpaired) electrons. The standard InChI is InChI=1S/C12H26.Mg/c1-3-5-7-9-11-12-10-8-6-4-2;/h3-12H2,1-2H3;. The summed E-state index contributed by atoms with van der Waals surface area (Å²) >= 11 is 0. The Labute approximate surface area is 101 Å². The zero-order chi connectivity index (χ0) is 9.07. The molecule has 0 bridgehead atoms. The van der Waals surface area contributed by atoms with Crippen LogP contribution < -0.4 is 0 Å². The van der Waals surface area contributed by atoms with Gasteiger partial charge in [0.1, 0.15) is 0 Å². The molecule has 0 N–H and O–H groups in total. The highest BCUT2D eigenvalue weighted by Crippen LogP contribution is 2.09. The van der Waals surface area contributed by atoms with E-state index in [1.54, 1.807) is 0 Å². The van der Waals surface area contributed by atoms with E-state index in [1.165, 1.54) is 64.2 Å². The van der Waals surface area contributed by atoms with Crippen molar-refractivity contribution < 1.29 is 0 Å². The summed E-state index contributed by atoms with van der Waals surface area (Å²) in [7, 11) is 0. The molecule has 0 atom stereocenters. The molecule has 0 unspecified atom stereocenters. The molecule has 0 aliphatic rings. The molecule has 0 saturated carbocycles. The number of unbranched alkanes of at least 4 members (excludes halogenated alkanes) is 9. The largest absolute Gasteiger partial charge is 0.0654 e. The van der Waals surface area contributed by atoms with Crippen LogP contribution in [0.3, 0.4) is 0 Å². The van der Waals surface area contributed by atoms with E-state index in [-0.39, 0.29) is 23.1 Å². The first-order valence-corrected chi connectivity index (χ1v) is 5.91. The van der Waals surface area contributed by atoms with Crippen molar-refractivity contribution in [3.8, 4) is 0 Å². The second-order valence-electron chi connectivity index (χ2n) is 3.83. The lowest BCUT2D eigenvalue weighted by Gasteiger charge is -1.99. The first kappa shape index (κ1) is 16.2. The summed E-state index contributed by atoms with van der Waals surface area (Å²) in [4.78, 5) is 0. The molecular formula is C12H26Mg. The second-order valence-corrected chi connectivity index (χ2v) is 3.83. The van der Waals surface area contributed by atoms with Gasteiger partial charge in [-0.25, -0.2) is 0 Å². The molecule has 0 saturated heterocycles. The van der Waals surface area contributed by atoms with Gasteiger partial charge in [0.25, 0.3) is 0 Å². The Morgan fingerprint density at radius 2 is 0.692 bits per heavy atom. The maximum atomic E-state index is 2.28. The van der Waals surface area contributed by atoms with Crippen molar-refractivity contribution in [2.24, 2.45) is 0 Å². The van der Waals surface area contributed by atoms with Crippen LogP contribution >= 0.6 is 0 Å². The van der Waals surface area contributed by atoms with E-state index in [2.05, 4.69) is 13.8 Å². The maximum absolute atomic E-state index is 2.28. The topological polar surface area (TPSA) is 0 Å². The molecule has 0 aliphatic carbocycles. The fourth-order valence-electron chi connectivity index (χ4n) is 1.56. The monoisotopic (exact) mass is 194 g/mol. The van der Waals surface area contributed by atoms with Crippen molar-refractivity contribution in [1.29, 1.82) is 0 Å². The van der Waals surface area contributed by atoms with Crippen LogP contribution in [-0.2, 0) is 0 Å². The molecule has 13 heavy (non-hydrogen) atoms. The summed E-state index contributed by atoms with van der Waals surface area (Å²) in [6.45, 7) is 4.56. The zero-order valence-corrected chi connectivity index (χ0v) is 11.2. The van der Waals surface area contributed by atoms with Crippen LogP contribution in [0.2, 0.25) is 0 Å². The number of hydrogen-bond donors (Lipinski definition) is 0. The van der Waals surface area contributed by atoms with Gasteiger partial charge in [-0.3, -0.25) is 0 Å². The van der Waals surface area contributed by atoms with Crippen molar-refractivity contribution >= 4 is 23.1 Å². The van der Waals surface area contributed by atoms with Gasteiger partial charge in [0.05, 0.1) is 0 Å². The second kappa shape index (κ2) is 15.2. The van der Waals surface area contributed by atoms with Crippen LogP contribution in [0.1, 0.15) is 78.1 Å². The molecule has 0 aromatic rings. The fourth-order valence-corrected chi connectivity index (χ4v) is 1.56. The highest BCUT2D eigenvalue weighted by molar-refractivity contribution is 5.75. The van der Waals surface area contributed by atoms with Crippen molar-refractivity contribution in [2.75, 3.05) is 0 Å². The lowest BCUT2D eigenvalue weighted by Crippen LogP contribution is -1.80. The summed E-state index contributed by atoms with van der Waals surface area (Å²) < 4.78 is 0. The van der Waals surface area contributed by atoms with Gasteiger partial charge in [-0.05, 0) is 0 Å². The third-order valence-electron chi connectivity index (χ3n) is 2.46. The summed E-state index contributed by atoms with van der Waals surface area (Å²) in [6, 6.07) is 0. The molecule has 0 aromatic carbocycles. The summed E-state index contributed by atoms with van der Waals surface area (Å²) in [5.41, 5.74) is 0. The Hall–Kier alpha value is 0.766. The third kappa shape index (κ3) is 15.5. The minimum atomic E-state index is 0. The quantitative estimate of drug-likeness (QED) is 0.373. The van der Waals surface area contributed by atoms with E-state index < -0.39 is 0 Å². The number of hydrogen-bond acceptors (Lipinski definition) is 0. The van der Waals surface area contributed by atoms with E-state index in [4.69, 9.17) is 0 Å². The first-order valence-electron chi connectivity index (χ1n) is 5.91. The smallest absolute Gasteiger partial charge is 0 e. The van der Waals surface area contributed by atoms with Gasteiger partial charge >= 0.3 is 0 Å². The minimum Gasteiger partial charge on any atom is -0.0654 e. The SMILES string of the molecule is CCCCCCCCCCCC.[Mg].